The zero-order valence-electron chi connectivity index (χ0n) is 15.5. The van der Waals surface area contributed by atoms with Gasteiger partial charge in [-0.2, -0.15) is 0 Å². The van der Waals surface area contributed by atoms with Gasteiger partial charge in [-0.25, -0.2) is 0 Å². The average Bonchev–Trinajstić information content (AvgIpc) is 2.55. The number of hydrogen-bond acceptors (Lipinski definition) is 2. The predicted molar refractivity (Wildman–Crippen MR) is 98.4 cm³/mol. The lowest BCUT2D eigenvalue weighted by Crippen LogP contribution is -2.47. The van der Waals surface area contributed by atoms with Crippen LogP contribution in [0.5, 0.6) is 0 Å². The van der Waals surface area contributed by atoms with Crippen molar-refractivity contribution >= 4 is 11.8 Å². The van der Waals surface area contributed by atoms with E-state index in [1.54, 1.807) is 24.3 Å². The molecule has 1 aromatic rings. The standard InChI is InChI=1S/C20H32N2O2/c1-5-6-7-8-12-15-17(20(2,3)4)19(24)22-21-18(23)16-13-10-9-11-14-16/h9-11,13-14,17H,5-8,12,15H2,1-4H3,(H,21,23)(H,22,24). The van der Waals surface area contributed by atoms with E-state index in [1.165, 1.54) is 19.3 Å². The number of hydrazine groups is 1. The van der Waals surface area contributed by atoms with E-state index in [9.17, 15) is 9.59 Å². The monoisotopic (exact) mass is 332 g/mol. The van der Waals surface area contributed by atoms with Crippen molar-refractivity contribution in [2.45, 2.75) is 66.2 Å². The summed E-state index contributed by atoms with van der Waals surface area (Å²) in [5.41, 5.74) is 5.52. The molecule has 134 valence electrons. The topological polar surface area (TPSA) is 58.2 Å². The Morgan fingerprint density at radius 1 is 0.958 bits per heavy atom. The van der Waals surface area contributed by atoms with Gasteiger partial charge in [0, 0.05) is 11.5 Å². The molecular formula is C20H32N2O2. The largest absolute Gasteiger partial charge is 0.273 e. The fraction of sp³-hybridized carbons (Fsp3) is 0.600. The molecule has 0 saturated carbocycles. The van der Waals surface area contributed by atoms with E-state index >= 15 is 0 Å². The summed E-state index contributed by atoms with van der Waals surface area (Å²) in [5.74, 6) is -0.517. The van der Waals surface area contributed by atoms with Crippen LogP contribution in [-0.2, 0) is 4.79 Å². The molecule has 0 aromatic heterocycles. The van der Waals surface area contributed by atoms with Crippen LogP contribution in [0.3, 0.4) is 0 Å². The fourth-order valence-electron chi connectivity index (χ4n) is 2.78. The Kier molecular flexibility index (Phi) is 8.51. The number of unbranched alkanes of at least 4 members (excludes halogenated alkanes) is 4. The molecule has 0 bridgehead atoms. The van der Waals surface area contributed by atoms with Gasteiger partial charge < -0.3 is 0 Å². The van der Waals surface area contributed by atoms with Crippen molar-refractivity contribution in [3.63, 3.8) is 0 Å². The molecule has 0 saturated heterocycles. The first kappa shape index (κ1) is 20.2. The maximum atomic E-state index is 12.5. The van der Waals surface area contributed by atoms with E-state index < -0.39 is 0 Å². The molecule has 0 fully saturated rings. The molecule has 1 atom stereocenters. The molecule has 0 aliphatic rings. The minimum atomic E-state index is -0.292. The first-order chi connectivity index (χ1) is 11.4. The number of nitrogens with one attached hydrogen (secondary N) is 2. The van der Waals surface area contributed by atoms with Gasteiger partial charge in [0.05, 0.1) is 0 Å². The van der Waals surface area contributed by atoms with Crippen LogP contribution in [0.25, 0.3) is 0 Å². The van der Waals surface area contributed by atoms with E-state index in [1.807, 2.05) is 6.07 Å². The lowest BCUT2D eigenvalue weighted by atomic mass is 9.77. The Morgan fingerprint density at radius 3 is 2.17 bits per heavy atom. The normalized spacial score (nSPS) is 12.5. The van der Waals surface area contributed by atoms with Crippen LogP contribution < -0.4 is 10.9 Å². The summed E-state index contributed by atoms with van der Waals surface area (Å²) >= 11 is 0. The highest BCUT2D eigenvalue weighted by Gasteiger charge is 2.30. The van der Waals surface area contributed by atoms with Crippen molar-refractivity contribution in [2.24, 2.45) is 11.3 Å². The summed E-state index contributed by atoms with van der Waals surface area (Å²) in [6, 6.07) is 8.88. The Hall–Kier alpha value is -1.84. The van der Waals surface area contributed by atoms with Gasteiger partial charge >= 0.3 is 0 Å². The van der Waals surface area contributed by atoms with Crippen molar-refractivity contribution in [1.82, 2.24) is 10.9 Å². The van der Waals surface area contributed by atoms with Crippen molar-refractivity contribution in [1.29, 1.82) is 0 Å². The maximum absolute atomic E-state index is 12.5. The van der Waals surface area contributed by atoms with Crippen LogP contribution in [0.2, 0.25) is 0 Å². The Morgan fingerprint density at radius 2 is 1.58 bits per heavy atom. The van der Waals surface area contributed by atoms with Gasteiger partial charge in [-0.05, 0) is 24.0 Å². The summed E-state index contributed by atoms with van der Waals surface area (Å²) in [4.78, 5) is 24.5. The number of carbonyl (C=O) groups is 2. The van der Waals surface area contributed by atoms with Gasteiger partial charge in [0.25, 0.3) is 5.91 Å². The minimum Gasteiger partial charge on any atom is -0.273 e. The van der Waals surface area contributed by atoms with Crippen LogP contribution in [0.1, 0.15) is 76.6 Å². The third-order valence-electron chi connectivity index (χ3n) is 4.29. The number of amides is 2. The Bertz CT molecular complexity index is 506. The van der Waals surface area contributed by atoms with Gasteiger partial charge in [-0.15, -0.1) is 0 Å². The number of rotatable bonds is 8. The van der Waals surface area contributed by atoms with Gasteiger partial charge in [-0.1, -0.05) is 78.0 Å². The molecule has 0 aliphatic carbocycles. The molecule has 0 radical (unpaired) electrons. The molecule has 24 heavy (non-hydrogen) atoms. The smallest absolute Gasteiger partial charge is 0.269 e. The first-order valence-corrected chi connectivity index (χ1v) is 9.01. The van der Waals surface area contributed by atoms with Gasteiger partial charge in [-0.3, -0.25) is 20.4 Å². The third-order valence-corrected chi connectivity index (χ3v) is 4.29. The summed E-state index contributed by atoms with van der Waals surface area (Å²) < 4.78 is 0. The van der Waals surface area contributed by atoms with Crippen LogP contribution in [0, 0.1) is 11.3 Å². The minimum absolute atomic E-state index is 0.109. The Labute approximate surface area is 146 Å². The highest BCUT2D eigenvalue weighted by Crippen LogP contribution is 2.30. The Balaban J connectivity index is 2.51. The number of hydrogen-bond donors (Lipinski definition) is 2. The lowest BCUT2D eigenvalue weighted by molar-refractivity contribution is -0.129. The van der Waals surface area contributed by atoms with Gasteiger partial charge in [0.15, 0.2) is 0 Å². The van der Waals surface area contributed by atoms with E-state index in [4.69, 9.17) is 0 Å². The molecule has 0 heterocycles. The first-order valence-electron chi connectivity index (χ1n) is 9.01. The zero-order valence-corrected chi connectivity index (χ0v) is 15.5. The second-order valence-corrected chi connectivity index (χ2v) is 7.43. The maximum Gasteiger partial charge on any atom is 0.269 e. The molecule has 1 aromatic carbocycles. The van der Waals surface area contributed by atoms with Crippen LogP contribution in [0.15, 0.2) is 30.3 Å². The van der Waals surface area contributed by atoms with Gasteiger partial charge in [0.2, 0.25) is 5.91 Å². The van der Waals surface area contributed by atoms with Crippen molar-refractivity contribution in [2.75, 3.05) is 0 Å². The number of carbonyl (C=O) groups excluding carboxylic acids is 2. The average molecular weight is 332 g/mol. The van der Waals surface area contributed by atoms with Crippen molar-refractivity contribution in [3.8, 4) is 0 Å². The summed E-state index contributed by atoms with van der Waals surface area (Å²) in [7, 11) is 0. The molecule has 0 aliphatic heterocycles. The van der Waals surface area contributed by atoms with Crippen LogP contribution >= 0.6 is 0 Å². The molecule has 2 amide bonds. The summed E-state index contributed by atoms with van der Waals surface area (Å²) in [6.07, 6.45) is 6.74. The SMILES string of the molecule is CCCCCCCC(C(=O)NNC(=O)c1ccccc1)C(C)(C)C. The van der Waals surface area contributed by atoms with Crippen LogP contribution in [-0.4, -0.2) is 11.8 Å². The van der Waals surface area contributed by atoms with E-state index in [0.29, 0.717) is 5.56 Å². The van der Waals surface area contributed by atoms with Crippen molar-refractivity contribution < 1.29 is 9.59 Å². The summed E-state index contributed by atoms with van der Waals surface area (Å²) in [6.45, 7) is 8.41. The second kappa shape index (κ2) is 10.1. The molecule has 2 N–H and O–H groups in total. The molecule has 4 heteroatoms. The quantitative estimate of drug-likeness (QED) is 0.545. The molecule has 1 rings (SSSR count). The van der Waals surface area contributed by atoms with E-state index in [0.717, 1.165) is 19.3 Å². The number of benzene rings is 1. The molecule has 4 nitrogen and oxygen atoms in total. The zero-order chi connectivity index (χ0) is 18.0. The molecule has 0 spiro atoms. The van der Waals surface area contributed by atoms with Crippen LogP contribution in [0.4, 0.5) is 0 Å². The van der Waals surface area contributed by atoms with E-state index in [-0.39, 0.29) is 23.1 Å². The van der Waals surface area contributed by atoms with E-state index in [2.05, 4.69) is 38.5 Å². The highest BCUT2D eigenvalue weighted by molar-refractivity contribution is 5.95. The third kappa shape index (κ3) is 7.16. The second-order valence-electron chi connectivity index (χ2n) is 7.43. The highest BCUT2D eigenvalue weighted by atomic mass is 16.2. The summed E-state index contributed by atoms with van der Waals surface area (Å²) in [5, 5.41) is 0. The fourth-order valence-corrected chi connectivity index (χ4v) is 2.78. The molecular weight excluding hydrogens is 300 g/mol. The van der Waals surface area contributed by atoms with Crippen molar-refractivity contribution in [3.05, 3.63) is 35.9 Å². The molecule has 1 unspecified atom stereocenters. The lowest BCUT2D eigenvalue weighted by Gasteiger charge is -2.29. The van der Waals surface area contributed by atoms with Gasteiger partial charge in [0.1, 0.15) is 0 Å². The predicted octanol–water partition coefficient (Wildman–Crippen LogP) is 4.47.